The molecule has 1 nitrogen and oxygen atoms in total. The predicted octanol–water partition coefficient (Wildman–Crippen LogP) is 6.41. The topological polar surface area (TPSA) is 9.23 Å². The maximum absolute atomic E-state index is 6.35. The van der Waals surface area contributed by atoms with Crippen LogP contribution in [0.25, 0.3) is 0 Å². The van der Waals surface area contributed by atoms with Crippen LogP contribution in [0.3, 0.4) is 0 Å². The van der Waals surface area contributed by atoms with Gasteiger partial charge in [0.15, 0.2) is 0 Å². The first-order valence-electron chi connectivity index (χ1n) is 9.08. The minimum Gasteiger partial charge on any atom is -0.479 e. The summed E-state index contributed by atoms with van der Waals surface area (Å²) in [6.07, 6.45) is 21.1. The highest BCUT2D eigenvalue weighted by Gasteiger charge is 2.26. The number of hydrogen-bond acceptors (Lipinski definition) is 1. The molecule has 124 valence electrons. The van der Waals surface area contributed by atoms with Gasteiger partial charge in [0.2, 0.25) is 0 Å². The van der Waals surface area contributed by atoms with Crippen molar-refractivity contribution in [2.24, 2.45) is 0 Å². The Hall–Kier alpha value is -1.76. The molecule has 0 spiro atoms. The number of allylic oxidation sites excluding steroid dienone is 3. The predicted molar refractivity (Wildman–Crippen MR) is 100.0 cm³/mol. The molecule has 1 aromatic rings. The normalized spacial score (nSPS) is 20.3. The first-order valence-corrected chi connectivity index (χ1v) is 9.08. The van der Waals surface area contributed by atoms with E-state index in [1.165, 1.54) is 31.2 Å². The molecule has 1 unspecified atom stereocenters. The van der Waals surface area contributed by atoms with E-state index < -0.39 is 0 Å². The Morgan fingerprint density at radius 1 is 1.04 bits per heavy atom. The highest BCUT2D eigenvalue weighted by molar-refractivity contribution is 5.33. The van der Waals surface area contributed by atoms with Crippen molar-refractivity contribution in [3.05, 3.63) is 66.3 Å². The molecule has 0 fully saturated rings. The van der Waals surface area contributed by atoms with Gasteiger partial charge in [-0.3, -0.25) is 0 Å². The zero-order valence-electron chi connectivity index (χ0n) is 14.6. The number of rotatable bonds is 9. The molecule has 0 N–H and O–H groups in total. The lowest BCUT2D eigenvalue weighted by atomic mass is 9.94. The lowest BCUT2D eigenvalue weighted by Gasteiger charge is -2.29. The lowest BCUT2D eigenvalue weighted by molar-refractivity contribution is 0.173. The fourth-order valence-electron chi connectivity index (χ4n) is 2.82. The molecule has 1 aliphatic carbocycles. The zero-order valence-corrected chi connectivity index (χ0v) is 14.6. The SMILES string of the molecule is CCC/C=C/C1(Oc2ccc(CCCCC)cc2)C=CC=CC1. The largest absolute Gasteiger partial charge is 0.479 e. The Labute approximate surface area is 141 Å². The second-order valence-corrected chi connectivity index (χ2v) is 6.34. The molecule has 0 amide bonds. The van der Waals surface area contributed by atoms with Crippen LogP contribution in [0, 0.1) is 0 Å². The average Bonchev–Trinajstić information content (AvgIpc) is 2.58. The van der Waals surface area contributed by atoms with Gasteiger partial charge in [-0.15, -0.1) is 0 Å². The third-order valence-corrected chi connectivity index (χ3v) is 4.22. The van der Waals surface area contributed by atoms with Crippen LogP contribution in [0.5, 0.6) is 5.75 Å². The van der Waals surface area contributed by atoms with E-state index in [2.05, 4.69) is 74.6 Å². The Bertz CT molecular complexity index is 536. The van der Waals surface area contributed by atoms with Crippen LogP contribution in [-0.4, -0.2) is 5.60 Å². The Kier molecular flexibility index (Phi) is 7.19. The molecule has 0 radical (unpaired) electrons. The quantitative estimate of drug-likeness (QED) is 0.378. The summed E-state index contributed by atoms with van der Waals surface area (Å²) in [6.45, 7) is 4.44. The third-order valence-electron chi connectivity index (χ3n) is 4.22. The summed E-state index contributed by atoms with van der Waals surface area (Å²) < 4.78 is 6.35. The van der Waals surface area contributed by atoms with Crippen LogP contribution in [0.15, 0.2) is 60.7 Å². The second kappa shape index (κ2) is 9.39. The van der Waals surface area contributed by atoms with Gasteiger partial charge in [0.05, 0.1) is 0 Å². The Morgan fingerprint density at radius 3 is 2.52 bits per heavy atom. The summed E-state index contributed by atoms with van der Waals surface area (Å²) in [7, 11) is 0. The van der Waals surface area contributed by atoms with Gasteiger partial charge in [0, 0.05) is 6.42 Å². The van der Waals surface area contributed by atoms with Crippen LogP contribution in [0.2, 0.25) is 0 Å². The van der Waals surface area contributed by atoms with Gasteiger partial charge < -0.3 is 4.74 Å². The molecule has 1 aliphatic rings. The van der Waals surface area contributed by atoms with E-state index >= 15 is 0 Å². The van der Waals surface area contributed by atoms with Gasteiger partial charge in [0.1, 0.15) is 11.4 Å². The molecular weight excluding hydrogens is 280 g/mol. The van der Waals surface area contributed by atoms with E-state index in [0.717, 1.165) is 25.0 Å². The fourth-order valence-corrected chi connectivity index (χ4v) is 2.82. The number of ether oxygens (including phenoxy) is 1. The van der Waals surface area contributed by atoms with Crippen molar-refractivity contribution in [1.82, 2.24) is 0 Å². The monoisotopic (exact) mass is 310 g/mol. The molecule has 1 atom stereocenters. The van der Waals surface area contributed by atoms with Crippen molar-refractivity contribution >= 4 is 0 Å². The molecule has 1 heteroatoms. The van der Waals surface area contributed by atoms with Gasteiger partial charge in [-0.1, -0.05) is 69.5 Å². The molecule has 0 aromatic heterocycles. The van der Waals surface area contributed by atoms with Crippen LogP contribution in [0.4, 0.5) is 0 Å². The average molecular weight is 310 g/mol. The molecule has 0 saturated heterocycles. The van der Waals surface area contributed by atoms with Crippen LogP contribution in [-0.2, 0) is 6.42 Å². The number of unbranched alkanes of at least 4 members (excludes halogenated alkanes) is 3. The minimum absolute atomic E-state index is 0.326. The van der Waals surface area contributed by atoms with Gasteiger partial charge in [-0.25, -0.2) is 0 Å². The lowest BCUT2D eigenvalue weighted by Crippen LogP contribution is -2.31. The molecule has 2 rings (SSSR count). The van der Waals surface area contributed by atoms with Crippen molar-refractivity contribution in [3.8, 4) is 5.75 Å². The zero-order chi connectivity index (χ0) is 16.4. The van der Waals surface area contributed by atoms with Crippen molar-refractivity contribution in [2.75, 3.05) is 0 Å². The Balaban J connectivity index is 2.02. The fraction of sp³-hybridized carbons (Fsp3) is 0.455. The minimum atomic E-state index is -0.326. The maximum atomic E-state index is 6.35. The van der Waals surface area contributed by atoms with Crippen molar-refractivity contribution in [3.63, 3.8) is 0 Å². The molecular formula is C22H30O. The number of aryl methyl sites for hydroxylation is 1. The van der Waals surface area contributed by atoms with Gasteiger partial charge in [-0.05, 0) is 49.1 Å². The molecule has 0 heterocycles. The summed E-state index contributed by atoms with van der Waals surface area (Å²) in [5.41, 5.74) is 1.08. The first-order chi connectivity index (χ1) is 11.3. The Morgan fingerprint density at radius 2 is 1.87 bits per heavy atom. The van der Waals surface area contributed by atoms with Crippen molar-refractivity contribution in [2.45, 2.75) is 64.4 Å². The summed E-state index contributed by atoms with van der Waals surface area (Å²) in [4.78, 5) is 0. The van der Waals surface area contributed by atoms with Crippen LogP contribution >= 0.6 is 0 Å². The van der Waals surface area contributed by atoms with E-state index in [1.807, 2.05) is 0 Å². The van der Waals surface area contributed by atoms with E-state index in [1.54, 1.807) is 0 Å². The van der Waals surface area contributed by atoms with Crippen LogP contribution < -0.4 is 4.74 Å². The van der Waals surface area contributed by atoms with E-state index in [9.17, 15) is 0 Å². The van der Waals surface area contributed by atoms with E-state index in [4.69, 9.17) is 4.74 Å². The summed E-state index contributed by atoms with van der Waals surface area (Å²) in [5, 5.41) is 0. The summed E-state index contributed by atoms with van der Waals surface area (Å²) in [6, 6.07) is 8.64. The van der Waals surface area contributed by atoms with Gasteiger partial charge in [-0.2, -0.15) is 0 Å². The third kappa shape index (κ3) is 5.74. The molecule has 0 bridgehead atoms. The summed E-state index contributed by atoms with van der Waals surface area (Å²) in [5.74, 6) is 0.949. The first kappa shape index (κ1) is 17.6. The number of benzene rings is 1. The molecule has 0 aliphatic heterocycles. The summed E-state index contributed by atoms with van der Waals surface area (Å²) >= 11 is 0. The van der Waals surface area contributed by atoms with Crippen LogP contribution in [0.1, 0.15) is 57.9 Å². The van der Waals surface area contributed by atoms with E-state index in [-0.39, 0.29) is 5.60 Å². The second-order valence-electron chi connectivity index (χ2n) is 6.34. The van der Waals surface area contributed by atoms with Gasteiger partial charge >= 0.3 is 0 Å². The van der Waals surface area contributed by atoms with E-state index in [0.29, 0.717) is 0 Å². The standard InChI is InChI=1S/C22H30O/c1-3-5-8-12-20-13-15-21(16-14-20)23-22(17-9-6-4-2)18-10-7-11-19-22/h7,9-11,13-18H,3-6,8,12,19H2,1-2H3/b17-9+. The highest BCUT2D eigenvalue weighted by atomic mass is 16.5. The molecule has 1 aromatic carbocycles. The maximum Gasteiger partial charge on any atom is 0.149 e. The number of hydrogen-bond donors (Lipinski definition) is 0. The molecule has 0 saturated carbocycles. The highest BCUT2D eigenvalue weighted by Crippen LogP contribution is 2.28. The van der Waals surface area contributed by atoms with Crippen molar-refractivity contribution < 1.29 is 4.74 Å². The smallest absolute Gasteiger partial charge is 0.149 e. The van der Waals surface area contributed by atoms with Gasteiger partial charge in [0.25, 0.3) is 0 Å². The van der Waals surface area contributed by atoms with Crippen molar-refractivity contribution in [1.29, 1.82) is 0 Å². The molecule has 23 heavy (non-hydrogen) atoms.